The number of aromatic amines is 1. The average Bonchev–Trinajstić information content (AvgIpc) is 3.37. The van der Waals surface area contributed by atoms with Crippen LogP contribution in [0.2, 0.25) is 0 Å². The highest BCUT2D eigenvalue weighted by Gasteiger charge is 2.16. The number of amides is 1. The molecule has 7 nitrogen and oxygen atoms in total. The van der Waals surface area contributed by atoms with Gasteiger partial charge in [-0.2, -0.15) is 5.10 Å². The second-order valence-electron chi connectivity index (χ2n) is 6.24. The van der Waals surface area contributed by atoms with E-state index in [1.54, 1.807) is 24.6 Å². The van der Waals surface area contributed by atoms with Gasteiger partial charge in [-0.3, -0.25) is 14.9 Å². The molecule has 4 rings (SSSR count). The van der Waals surface area contributed by atoms with E-state index in [-0.39, 0.29) is 30.7 Å². The normalized spacial score (nSPS) is 15.6. The summed E-state index contributed by atoms with van der Waals surface area (Å²) in [5.41, 5.74) is 2.33. The van der Waals surface area contributed by atoms with E-state index < -0.39 is 0 Å². The van der Waals surface area contributed by atoms with E-state index in [0.29, 0.717) is 28.8 Å². The Balaban J connectivity index is 0.00000131. The summed E-state index contributed by atoms with van der Waals surface area (Å²) in [6.07, 6.45) is 7.10. The van der Waals surface area contributed by atoms with Crippen molar-refractivity contribution in [1.29, 1.82) is 0 Å². The molecule has 1 saturated heterocycles. The van der Waals surface area contributed by atoms with Crippen LogP contribution in [0.15, 0.2) is 47.3 Å². The number of hydrogen-bond acceptors (Lipinski definition) is 5. The summed E-state index contributed by atoms with van der Waals surface area (Å²) in [5, 5.41) is 13.1. The van der Waals surface area contributed by atoms with Gasteiger partial charge in [0.15, 0.2) is 11.6 Å². The smallest absolute Gasteiger partial charge is 0.258 e. The minimum atomic E-state index is -0.226. The molecule has 0 aliphatic carbocycles. The number of furan rings is 1. The zero-order valence-corrected chi connectivity index (χ0v) is 16.1. The Hall–Kier alpha value is -2.35. The number of carbonyl (C=O) groups excluding carboxylic acids is 1. The Labute approximate surface area is 169 Å². The molecule has 0 bridgehead atoms. The number of halogens is 2. The fraction of sp³-hybridized carbons (Fsp3) is 0.278. The first-order chi connectivity index (χ1) is 12.3. The van der Waals surface area contributed by atoms with Crippen LogP contribution in [0.3, 0.4) is 0 Å². The number of nitrogens with one attached hydrogen (secondary N) is 3. The van der Waals surface area contributed by atoms with Crippen LogP contribution < -0.4 is 10.6 Å². The molecule has 1 aliphatic heterocycles. The van der Waals surface area contributed by atoms with Gasteiger partial charge in [-0.1, -0.05) is 0 Å². The summed E-state index contributed by atoms with van der Waals surface area (Å²) in [4.78, 5) is 16.7. The quantitative estimate of drug-likeness (QED) is 0.600. The summed E-state index contributed by atoms with van der Waals surface area (Å²) in [6, 6.07) is 7.26. The van der Waals surface area contributed by atoms with Gasteiger partial charge in [0.25, 0.3) is 5.91 Å². The Kier molecular flexibility index (Phi) is 7.41. The van der Waals surface area contributed by atoms with Gasteiger partial charge in [-0.15, -0.1) is 24.8 Å². The van der Waals surface area contributed by atoms with E-state index in [0.717, 1.165) is 25.1 Å². The lowest BCUT2D eigenvalue weighted by atomic mass is 9.99. The van der Waals surface area contributed by atoms with E-state index in [1.165, 1.54) is 6.42 Å². The largest absolute Gasteiger partial charge is 0.463 e. The molecular formula is C18H21Cl2N5O2. The maximum Gasteiger partial charge on any atom is 0.258 e. The molecule has 0 spiro atoms. The lowest BCUT2D eigenvalue weighted by molar-refractivity contribution is 0.102. The van der Waals surface area contributed by atoms with Gasteiger partial charge in [0, 0.05) is 18.5 Å². The lowest BCUT2D eigenvalue weighted by Crippen LogP contribution is -2.14. The van der Waals surface area contributed by atoms with Gasteiger partial charge in [-0.05, 0) is 55.6 Å². The molecule has 144 valence electrons. The van der Waals surface area contributed by atoms with Crippen LogP contribution in [0.4, 0.5) is 5.82 Å². The molecule has 0 radical (unpaired) electrons. The van der Waals surface area contributed by atoms with Crippen molar-refractivity contribution in [3.8, 4) is 11.5 Å². The Morgan fingerprint density at radius 1 is 1.30 bits per heavy atom. The van der Waals surface area contributed by atoms with Crippen LogP contribution in [0.5, 0.6) is 0 Å². The van der Waals surface area contributed by atoms with Crippen LogP contribution in [-0.2, 0) is 6.42 Å². The van der Waals surface area contributed by atoms with Crippen molar-refractivity contribution in [2.75, 3.05) is 18.4 Å². The maximum atomic E-state index is 12.5. The zero-order valence-electron chi connectivity index (χ0n) is 14.5. The highest BCUT2D eigenvalue weighted by molar-refractivity contribution is 6.03. The van der Waals surface area contributed by atoms with Crippen LogP contribution in [0, 0.1) is 5.92 Å². The zero-order chi connectivity index (χ0) is 17.1. The highest BCUT2D eigenvalue weighted by atomic mass is 35.5. The van der Waals surface area contributed by atoms with E-state index in [1.807, 2.05) is 18.3 Å². The number of rotatable bonds is 5. The first kappa shape index (κ1) is 21.0. The molecule has 27 heavy (non-hydrogen) atoms. The van der Waals surface area contributed by atoms with Gasteiger partial charge in [0.1, 0.15) is 5.69 Å². The fourth-order valence-corrected chi connectivity index (χ4v) is 3.08. The number of nitrogens with zero attached hydrogens (tertiary/aromatic N) is 2. The van der Waals surface area contributed by atoms with E-state index in [9.17, 15) is 4.79 Å². The summed E-state index contributed by atoms with van der Waals surface area (Å²) in [5.74, 6) is 1.50. The summed E-state index contributed by atoms with van der Waals surface area (Å²) < 4.78 is 5.30. The van der Waals surface area contributed by atoms with Crippen LogP contribution in [0.1, 0.15) is 22.3 Å². The molecule has 1 aliphatic rings. The molecule has 0 saturated carbocycles. The number of aromatic nitrogens is 3. The monoisotopic (exact) mass is 409 g/mol. The molecule has 3 N–H and O–H groups in total. The number of hydrogen-bond donors (Lipinski definition) is 3. The van der Waals surface area contributed by atoms with Gasteiger partial charge in [-0.25, -0.2) is 0 Å². The van der Waals surface area contributed by atoms with Crippen LogP contribution in [0.25, 0.3) is 11.5 Å². The van der Waals surface area contributed by atoms with Crippen molar-refractivity contribution < 1.29 is 9.21 Å². The Bertz CT molecular complexity index is 860. The van der Waals surface area contributed by atoms with Gasteiger partial charge < -0.3 is 15.1 Å². The summed E-state index contributed by atoms with van der Waals surface area (Å²) >= 11 is 0. The van der Waals surface area contributed by atoms with Crippen LogP contribution in [-0.4, -0.2) is 34.2 Å². The minimum Gasteiger partial charge on any atom is -0.463 e. The van der Waals surface area contributed by atoms with E-state index >= 15 is 0 Å². The molecule has 3 aromatic rings. The molecule has 1 amide bonds. The first-order valence-electron chi connectivity index (χ1n) is 8.33. The predicted octanol–water partition coefficient (Wildman–Crippen LogP) is 3.31. The molecular weight excluding hydrogens is 389 g/mol. The summed E-state index contributed by atoms with van der Waals surface area (Å²) in [6.45, 7) is 2.09. The van der Waals surface area contributed by atoms with Gasteiger partial charge >= 0.3 is 0 Å². The number of anilines is 1. The SMILES string of the molecule is Cl.Cl.O=C(Nc1cc(-c2ccco2)[nH]n1)c1cncc(CC2CCNC2)c1. The molecule has 9 heteroatoms. The van der Waals surface area contributed by atoms with Gasteiger partial charge in [0.2, 0.25) is 0 Å². The predicted molar refractivity (Wildman–Crippen MR) is 108 cm³/mol. The Morgan fingerprint density at radius 3 is 2.93 bits per heavy atom. The van der Waals surface area contributed by atoms with Crippen molar-refractivity contribution in [3.05, 3.63) is 54.0 Å². The third kappa shape index (κ3) is 5.09. The molecule has 1 fully saturated rings. The summed E-state index contributed by atoms with van der Waals surface area (Å²) in [7, 11) is 0. The Morgan fingerprint density at radius 2 is 2.19 bits per heavy atom. The number of H-pyrrole nitrogens is 1. The van der Waals surface area contributed by atoms with Crippen molar-refractivity contribution in [2.45, 2.75) is 12.8 Å². The molecule has 3 aromatic heterocycles. The number of pyridine rings is 1. The van der Waals surface area contributed by atoms with Crippen LogP contribution >= 0.6 is 24.8 Å². The van der Waals surface area contributed by atoms with Crippen molar-refractivity contribution in [1.82, 2.24) is 20.5 Å². The second-order valence-corrected chi connectivity index (χ2v) is 6.24. The van der Waals surface area contributed by atoms with Crippen molar-refractivity contribution in [2.24, 2.45) is 5.92 Å². The number of carbonyl (C=O) groups is 1. The minimum absolute atomic E-state index is 0. The molecule has 1 atom stereocenters. The standard InChI is InChI=1S/C18H19N5O2.2ClH/c24-18(21-17-8-15(22-23-17)16-2-1-5-25-16)14-7-13(10-20-11-14)6-12-3-4-19-9-12;;/h1-2,5,7-8,10-12,19H,3-4,6,9H2,(H2,21,22,23,24);2*1H. The lowest BCUT2D eigenvalue weighted by Gasteiger charge is -2.09. The molecule has 0 aromatic carbocycles. The van der Waals surface area contributed by atoms with Crippen molar-refractivity contribution >= 4 is 36.5 Å². The van der Waals surface area contributed by atoms with E-state index in [4.69, 9.17) is 4.42 Å². The van der Waals surface area contributed by atoms with Gasteiger partial charge in [0.05, 0.1) is 11.8 Å². The highest BCUT2D eigenvalue weighted by Crippen LogP contribution is 2.20. The topological polar surface area (TPSA) is 95.8 Å². The second kappa shape index (κ2) is 9.55. The van der Waals surface area contributed by atoms with E-state index in [2.05, 4.69) is 25.8 Å². The fourth-order valence-electron chi connectivity index (χ4n) is 3.08. The third-order valence-electron chi connectivity index (χ3n) is 4.35. The molecule has 4 heterocycles. The van der Waals surface area contributed by atoms with Crippen molar-refractivity contribution in [3.63, 3.8) is 0 Å². The first-order valence-corrected chi connectivity index (χ1v) is 8.33. The average molecular weight is 410 g/mol. The molecule has 1 unspecified atom stereocenters. The maximum absolute atomic E-state index is 12.5. The third-order valence-corrected chi connectivity index (χ3v) is 4.35.